The normalized spacial score (nSPS) is 17.5. The highest BCUT2D eigenvalue weighted by molar-refractivity contribution is 9.10. The summed E-state index contributed by atoms with van der Waals surface area (Å²) in [6.45, 7) is 0.933. The number of halogens is 1. The van der Waals surface area contributed by atoms with Crippen LogP contribution in [-0.4, -0.2) is 49.3 Å². The van der Waals surface area contributed by atoms with Gasteiger partial charge < -0.3 is 24.6 Å². The molecule has 1 aliphatic heterocycles. The number of nitrogens with zero attached hydrogens (tertiary/aromatic N) is 1. The predicted molar refractivity (Wildman–Crippen MR) is 181 cm³/mol. The highest BCUT2D eigenvalue weighted by Crippen LogP contribution is 2.43. The van der Waals surface area contributed by atoms with Crippen LogP contribution in [0.5, 0.6) is 11.5 Å². The summed E-state index contributed by atoms with van der Waals surface area (Å²) in [5, 5.41) is 12.2. The standard InChI is InChI=1S/C37H37BrN2O5/c1-43-32-18-10-28(11-19-32)22-24-39-36(42)37(23-5-9-27-7-3-2-4-8-27)34(29-12-16-31(38)17-13-29)45-35(40-37)30-14-20-33(21-15-30)44-26-6-25-41/h2-5,7-21,34,41H,6,22-26H2,1H3,(H,39,42)/b9-5+/t34-,37-/m1/s1. The first-order valence-corrected chi connectivity index (χ1v) is 15.8. The van der Waals surface area contributed by atoms with Crippen LogP contribution in [0, 0.1) is 0 Å². The minimum atomic E-state index is -1.26. The highest BCUT2D eigenvalue weighted by Gasteiger charge is 2.52. The molecule has 0 bridgehead atoms. The monoisotopic (exact) mass is 668 g/mol. The van der Waals surface area contributed by atoms with Gasteiger partial charge in [0.2, 0.25) is 5.90 Å². The van der Waals surface area contributed by atoms with Crippen LogP contribution in [0.1, 0.15) is 41.2 Å². The van der Waals surface area contributed by atoms with Crippen molar-refractivity contribution in [2.45, 2.75) is 30.9 Å². The van der Waals surface area contributed by atoms with E-state index in [1.165, 1.54) is 0 Å². The van der Waals surface area contributed by atoms with Crippen LogP contribution in [0.4, 0.5) is 0 Å². The predicted octanol–water partition coefficient (Wildman–Crippen LogP) is 6.94. The molecule has 0 unspecified atom stereocenters. The van der Waals surface area contributed by atoms with Crippen LogP contribution in [0.25, 0.3) is 6.08 Å². The summed E-state index contributed by atoms with van der Waals surface area (Å²) in [5.74, 6) is 1.66. The highest BCUT2D eigenvalue weighted by atomic mass is 79.9. The number of hydrogen-bond acceptors (Lipinski definition) is 6. The van der Waals surface area contributed by atoms with E-state index in [2.05, 4.69) is 21.2 Å². The van der Waals surface area contributed by atoms with Gasteiger partial charge in [0.25, 0.3) is 5.91 Å². The molecule has 8 heteroatoms. The molecule has 0 saturated heterocycles. The van der Waals surface area contributed by atoms with Crippen LogP contribution in [0.2, 0.25) is 0 Å². The minimum Gasteiger partial charge on any atom is -0.497 e. The summed E-state index contributed by atoms with van der Waals surface area (Å²) >= 11 is 3.53. The van der Waals surface area contributed by atoms with Crippen molar-refractivity contribution in [3.63, 3.8) is 0 Å². The first-order valence-electron chi connectivity index (χ1n) is 15.0. The van der Waals surface area contributed by atoms with Crippen molar-refractivity contribution in [1.29, 1.82) is 0 Å². The Balaban J connectivity index is 1.47. The molecule has 5 rings (SSSR count). The fraction of sp³-hybridized carbons (Fsp3) is 0.243. The Bertz CT molecular complexity index is 1590. The number of nitrogens with one attached hydrogen (secondary N) is 1. The van der Waals surface area contributed by atoms with Gasteiger partial charge in [-0.05, 0) is 71.6 Å². The summed E-state index contributed by atoms with van der Waals surface area (Å²) in [6, 6.07) is 33.1. The second kappa shape index (κ2) is 15.5. The quantitative estimate of drug-likeness (QED) is 0.142. The molecule has 1 heterocycles. The van der Waals surface area contributed by atoms with E-state index in [9.17, 15) is 4.79 Å². The Hall–Kier alpha value is -4.40. The lowest BCUT2D eigenvalue weighted by Gasteiger charge is -2.30. The van der Waals surface area contributed by atoms with Gasteiger partial charge in [0.1, 0.15) is 11.5 Å². The number of ether oxygens (including phenoxy) is 3. The van der Waals surface area contributed by atoms with Crippen molar-refractivity contribution in [3.05, 3.63) is 136 Å². The van der Waals surface area contributed by atoms with Crippen molar-refractivity contribution in [2.24, 2.45) is 4.99 Å². The van der Waals surface area contributed by atoms with Gasteiger partial charge in [0, 0.05) is 36.0 Å². The van der Waals surface area contributed by atoms with Gasteiger partial charge in [-0.25, -0.2) is 4.99 Å². The van der Waals surface area contributed by atoms with Crippen molar-refractivity contribution < 1.29 is 24.1 Å². The van der Waals surface area contributed by atoms with E-state index in [-0.39, 0.29) is 12.5 Å². The van der Waals surface area contributed by atoms with Crippen LogP contribution in [0.3, 0.4) is 0 Å². The first-order chi connectivity index (χ1) is 22.0. The van der Waals surface area contributed by atoms with Crippen molar-refractivity contribution in [1.82, 2.24) is 5.32 Å². The zero-order chi connectivity index (χ0) is 31.5. The number of aliphatic imine (C=N–C) groups is 1. The number of hydrogen-bond donors (Lipinski definition) is 2. The molecule has 0 fully saturated rings. The summed E-state index contributed by atoms with van der Waals surface area (Å²) in [5.41, 5.74) is 2.45. The lowest BCUT2D eigenvalue weighted by atomic mass is 9.84. The molecule has 232 valence electrons. The van der Waals surface area contributed by atoms with Gasteiger partial charge in [-0.15, -0.1) is 0 Å². The molecule has 45 heavy (non-hydrogen) atoms. The SMILES string of the molecule is COc1ccc(CCNC(=O)[C@]2(C/C=C/c3ccccc3)N=C(c3ccc(OCCCO)cc3)O[C@@H]2c2ccc(Br)cc2)cc1. The third-order valence-electron chi connectivity index (χ3n) is 7.60. The van der Waals surface area contributed by atoms with Crippen LogP contribution < -0.4 is 14.8 Å². The largest absolute Gasteiger partial charge is 0.497 e. The molecule has 0 spiro atoms. The third kappa shape index (κ3) is 8.21. The maximum Gasteiger partial charge on any atom is 0.252 e. The van der Waals surface area contributed by atoms with Crippen LogP contribution in [0.15, 0.2) is 119 Å². The smallest absolute Gasteiger partial charge is 0.252 e. The maximum atomic E-state index is 14.3. The zero-order valence-corrected chi connectivity index (χ0v) is 26.8. The molecule has 2 atom stereocenters. The fourth-order valence-electron chi connectivity index (χ4n) is 5.16. The zero-order valence-electron chi connectivity index (χ0n) is 25.2. The van der Waals surface area contributed by atoms with E-state index in [0.29, 0.717) is 44.1 Å². The van der Waals surface area contributed by atoms with E-state index >= 15 is 0 Å². The molecular formula is C37H37BrN2O5. The summed E-state index contributed by atoms with van der Waals surface area (Å²) < 4.78 is 18.5. The minimum absolute atomic E-state index is 0.0726. The summed E-state index contributed by atoms with van der Waals surface area (Å²) in [7, 11) is 1.64. The molecule has 0 aliphatic carbocycles. The van der Waals surface area contributed by atoms with E-state index in [4.69, 9.17) is 24.3 Å². The second-order valence-electron chi connectivity index (χ2n) is 10.7. The second-order valence-corrected chi connectivity index (χ2v) is 11.6. The van der Waals surface area contributed by atoms with Gasteiger partial charge in [-0.3, -0.25) is 4.79 Å². The van der Waals surface area contributed by atoms with Gasteiger partial charge in [0.15, 0.2) is 11.6 Å². The Kier molecular flexibility index (Phi) is 11.1. The Morgan fingerprint density at radius 1 is 0.978 bits per heavy atom. The summed E-state index contributed by atoms with van der Waals surface area (Å²) in [6.07, 6.45) is 4.88. The molecule has 0 saturated carbocycles. The molecule has 0 radical (unpaired) electrons. The van der Waals surface area contributed by atoms with Crippen molar-refractivity contribution in [3.8, 4) is 11.5 Å². The van der Waals surface area contributed by atoms with Crippen LogP contribution in [-0.2, 0) is 16.0 Å². The fourth-order valence-corrected chi connectivity index (χ4v) is 5.42. The molecular weight excluding hydrogens is 632 g/mol. The first kappa shape index (κ1) is 32.0. The lowest BCUT2D eigenvalue weighted by Crippen LogP contribution is -2.48. The van der Waals surface area contributed by atoms with Gasteiger partial charge in [-0.1, -0.05) is 82.7 Å². The Labute approximate surface area is 272 Å². The van der Waals surface area contributed by atoms with Crippen molar-refractivity contribution in [2.75, 3.05) is 26.9 Å². The summed E-state index contributed by atoms with van der Waals surface area (Å²) in [4.78, 5) is 19.4. The number of aliphatic hydroxyl groups is 1. The van der Waals surface area contributed by atoms with Crippen molar-refractivity contribution >= 4 is 33.8 Å². The Morgan fingerprint density at radius 2 is 1.69 bits per heavy atom. The van der Waals surface area contributed by atoms with E-state index in [1.807, 2.05) is 115 Å². The average Bonchev–Trinajstić information content (AvgIpc) is 3.47. The molecule has 0 aromatic heterocycles. The molecule has 7 nitrogen and oxygen atoms in total. The van der Waals surface area contributed by atoms with Gasteiger partial charge in [-0.2, -0.15) is 0 Å². The van der Waals surface area contributed by atoms with E-state index < -0.39 is 11.6 Å². The third-order valence-corrected chi connectivity index (χ3v) is 8.13. The average molecular weight is 670 g/mol. The number of benzene rings is 4. The number of carbonyl (C=O) groups is 1. The molecule has 2 N–H and O–H groups in total. The number of amides is 1. The molecule has 4 aromatic rings. The van der Waals surface area contributed by atoms with E-state index in [0.717, 1.165) is 32.5 Å². The topological polar surface area (TPSA) is 89.4 Å². The Morgan fingerprint density at radius 3 is 2.38 bits per heavy atom. The number of aliphatic hydroxyl groups excluding tert-OH is 1. The van der Waals surface area contributed by atoms with Gasteiger partial charge >= 0.3 is 0 Å². The van der Waals surface area contributed by atoms with Gasteiger partial charge in [0.05, 0.1) is 13.7 Å². The molecule has 4 aromatic carbocycles. The maximum absolute atomic E-state index is 14.3. The number of carbonyl (C=O) groups excluding carboxylic acids is 1. The number of methoxy groups -OCH3 is 1. The molecule has 1 aliphatic rings. The van der Waals surface area contributed by atoms with Crippen LogP contribution >= 0.6 is 15.9 Å². The number of rotatable bonds is 14. The van der Waals surface area contributed by atoms with E-state index in [1.54, 1.807) is 7.11 Å². The lowest BCUT2D eigenvalue weighted by molar-refractivity contribution is -0.128. The molecule has 1 amide bonds.